The first-order valence-corrected chi connectivity index (χ1v) is 9.36. The van der Waals surface area contributed by atoms with Gasteiger partial charge in [0.1, 0.15) is 11.6 Å². The summed E-state index contributed by atoms with van der Waals surface area (Å²) in [7, 11) is 0. The second-order valence-electron chi connectivity index (χ2n) is 6.03. The SMILES string of the molecule is O=C(Nc1cccc(N2CCSCC2)n1)Nc1cn[nH]c1C1CC1. The Bertz CT molecular complexity index is 723. The first-order valence-electron chi connectivity index (χ1n) is 8.20. The van der Waals surface area contributed by atoms with Crippen LogP contribution in [0.1, 0.15) is 24.5 Å². The second-order valence-corrected chi connectivity index (χ2v) is 7.26. The molecule has 1 saturated carbocycles. The van der Waals surface area contributed by atoms with Crippen molar-refractivity contribution in [1.82, 2.24) is 15.2 Å². The molecule has 0 unspecified atom stereocenters. The number of pyridine rings is 1. The molecule has 0 spiro atoms. The van der Waals surface area contributed by atoms with E-state index in [0.29, 0.717) is 11.7 Å². The predicted molar refractivity (Wildman–Crippen MR) is 97.0 cm³/mol. The number of carbonyl (C=O) groups is 1. The summed E-state index contributed by atoms with van der Waals surface area (Å²) >= 11 is 1.96. The van der Waals surface area contributed by atoms with E-state index < -0.39 is 0 Å². The van der Waals surface area contributed by atoms with Gasteiger partial charge in [-0.1, -0.05) is 6.07 Å². The summed E-state index contributed by atoms with van der Waals surface area (Å²) in [4.78, 5) is 19.0. The largest absolute Gasteiger partial charge is 0.355 e. The molecule has 1 saturated heterocycles. The molecule has 0 atom stereocenters. The lowest BCUT2D eigenvalue weighted by Gasteiger charge is -2.27. The number of hydrogen-bond acceptors (Lipinski definition) is 5. The highest BCUT2D eigenvalue weighted by Gasteiger charge is 2.28. The van der Waals surface area contributed by atoms with Gasteiger partial charge in [0.15, 0.2) is 0 Å². The van der Waals surface area contributed by atoms with E-state index in [2.05, 4.69) is 30.7 Å². The molecule has 2 aromatic heterocycles. The molecule has 2 aromatic rings. The fourth-order valence-corrected chi connectivity index (χ4v) is 3.71. The van der Waals surface area contributed by atoms with Crippen LogP contribution in [0.3, 0.4) is 0 Å². The number of anilines is 3. The van der Waals surface area contributed by atoms with Gasteiger partial charge in [0.25, 0.3) is 0 Å². The molecule has 126 valence electrons. The lowest BCUT2D eigenvalue weighted by molar-refractivity contribution is 0.262. The molecule has 0 radical (unpaired) electrons. The molecule has 2 aliphatic rings. The molecule has 8 heteroatoms. The minimum Gasteiger partial charge on any atom is -0.355 e. The normalized spacial score (nSPS) is 17.6. The maximum absolute atomic E-state index is 12.2. The van der Waals surface area contributed by atoms with E-state index in [1.165, 1.54) is 0 Å². The molecule has 1 aliphatic heterocycles. The third-order valence-corrected chi connectivity index (χ3v) is 5.16. The van der Waals surface area contributed by atoms with Gasteiger partial charge in [-0.15, -0.1) is 0 Å². The first kappa shape index (κ1) is 15.3. The summed E-state index contributed by atoms with van der Waals surface area (Å²) in [5, 5.41) is 12.7. The van der Waals surface area contributed by atoms with Crippen molar-refractivity contribution in [2.45, 2.75) is 18.8 Å². The summed E-state index contributed by atoms with van der Waals surface area (Å²) < 4.78 is 0. The van der Waals surface area contributed by atoms with Crippen LogP contribution in [0.15, 0.2) is 24.4 Å². The highest BCUT2D eigenvalue weighted by molar-refractivity contribution is 7.99. The third kappa shape index (κ3) is 3.48. The second kappa shape index (κ2) is 6.72. The van der Waals surface area contributed by atoms with Crippen LogP contribution in [-0.4, -0.2) is 45.8 Å². The third-order valence-electron chi connectivity index (χ3n) is 4.21. The molecular weight excluding hydrogens is 324 g/mol. The zero-order chi connectivity index (χ0) is 16.4. The maximum atomic E-state index is 12.2. The predicted octanol–water partition coefficient (Wildman–Crippen LogP) is 2.88. The number of urea groups is 1. The van der Waals surface area contributed by atoms with Crippen molar-refractivity contribution in [3.63, 3.8) is 0 Å². The summed E-state index contributed by atoms with van der Waals surface area (Å²) in [6.07, 6.45) is 3.95. The monoisotopic (exact) mass is 344 g/mol. The van der Waals surface area contributed by atoms with Crippen molar-refractivity contribution in [3.8, 4) is 0 Å². The van der Waals surface area contributed by atoms with Gasteiger partial charge in [-0.2, -0.15) is 16.9 Å². The Labute approximate surface area is 144 Å². The smallest absolute Gasteiger partial charge is 0.324 e. The number of amides is 2. The molecule has 2 amide bonds. The number of rotatable bonds is 4. The van der Waals surface area contributed by atoms with Crippen LogP contribution >= 0.6 is 11.8 Å². The first-order chi connectivity index (χ1) is 11.8. The van der Waals surface area contributed by atoms with E-state index >= 15 is 0 Å². The van der Waals surface area contributed by atoms with E-state index in [9.17, 15) is 4.79 Å². The summed E-state index contributed by atoms with van der Waals surface area (Å²) in [5.74, 6) is 4.20. The fourth-order valence-electron chi connectivity index (χ4n) is 2.81. The Balaban J connectivity index is 1.41. The van der Waals surface area contributed by atoms with Gasteiger partial charge in [-0.05, 0) is 25.0 Å². The average Bonchev–Trinajstić information content (AvgIpc) is 3.35. The molecule has 3 heterocycles. The van der Waals surface area contributed by atoms with Crippen molar-refractivity contribution in [2.24, 2.45) is 0 Å². The van der Waals surface area contributed by atoms with Crippen LogP contribution in [0.25, 0.3) is 0 Å². The van der Waals surface area contributed by atoms with Crippen molar-refractivity contribution >= 4 is 35.1 Å². The molecule has 24 heavy (non-hydrogen) atoms. The van der Waals surface area contributed by atoms with E-state index in [1.807, 2.05) is 23.9 Å². The van der Waals surface area contributed by atoms with E-state index in [1.54, 1.807) is 12.3 Å². The van der Waals surface area contributed by atoms with Crippen molar-refractivity contribution < 1.29 is 4.79 Å². The zero-order valence-corrected chi connectivity index (χ0v) is 14.1. The number of nitrogens with one attached hydrogen (secondary N) is 3. The molecule has 0 aromatic carbocycles. The Hall–Kier alpha value is -2.22. The van der Waals surface area contributed by atoms with Crippen molar-refractivity contribution in [1.29, 1.82) is 0 Å². The van der Waals surface area contributed by atoms with Gasteiger partial charge in [0, 0.05) is 30.5 Å². The van der Waals surface area contributed by atoms with Gasteiger partial charge in [-0.25, -0.2) is 9.78 Å². The van der Waals surface area contributed by atoms with Crippen LogP contribution in [0.2, 0.25) is 0 Å². The number of carbonyl (C=O) groups excluding carboxylic acids is 1. The summed E-state index contributed by atoms with van der Waals surface area (Å²) in [6, 6.07) is 5.42. The lowest BCUT2D eigenvalue weighted by Crippen LogP contribution is -2.33. The van der Waals surface area contributed by atoms with Crippen LogP contribution in [0, 0.1) is 0 Å². The molecule has 7 nitrogen and oxygen atoms in total. The molecular formula is C16H20N6OS. The molecule has 0 bridgehead atoms. The topological polar surface area (TPSA) is 85.9 Å². The zero-order valence-electron chi connectivity index (χ0n) is 13.3. The Kier molecular flexibility index (Phi) is 4.29. The van der Waals surface area contributed by atoms with Gasteiger partial charge in [0.05, 0.1) is 17.6 Å². The van der Waals surface area contributed by atoms with E-state index in [0.717, 1.165) is 54.6 Å². The van der Waals surface area contributed by atoms with Crippen molar-refractivity contribution in [2.75, 3.05) is 40.1 Å². The average molecular weight is 344 g/mol. The fraction of sp³-hybridized carbons (Fsp3) is 0.438. The number of hydrogen-bond donors (Lipinski definition) is 3. The molecule has 1 aliphatic carbocycles. The number of aromatic amines is 1. The summed E-state index contributed by atoms with van der Waals surface area (Å²) in [6.45, 7) is 1.99. The van der Waals surface area contributed by atoms with Gasteiger partial charge in [-0.3, -0.25) is 10.4 Å². The van der Waals surface area contributed by atoms with E-state index in [-0.39, 0.29) is 6.03 Å². The van der Waals surface area contributed by atoms with Crippen LogP contribution in [0.5, 0.6) is 0 Å². The Morgan fingerprint density at radius 2 is 2.08 bits per heavy atom. The number of thioether (sulfide) groups is 1. The molecule has 3 N–H and O–H groups in total. The van der Waals surface area contributed by atoms with Crippen LogP contribution in [0.4, 0.5) is 22.1 Å². The highest BCUT2D eigenvalue weighted by atomic mass is 32.2. The Morgan fingerprint density at radius 1 is 1.25 bits per heavy atom. The number of nitrogens with zero attached hydrogens (tertiary/aromatic N) is 3. The van der Waals surface area contributed by atoms with Crippen molar-refractivity contribution in [3.05, 3.63) is 30.1 Å². The quantitative estimate of drug-likeness (QED) is 0.794. The lowest BCUT2D eigenvalue weighted by atomic mass is 10.2. The molecule has 2 fully saturated rings. The standard InChI is InChI=1S/C16H20N6OS/c23-16(18-12-10-17-21-15(12)11-4-5-11)20-13-2-1-3-14(19-13)22-6-8-24-9-7-22/h1-3,10-11H,4-9H2,(H,17,21)(H2,18,19,20,23). The van der Waals surface area contributed by atoms with Crippen LogP contribution in [-0.2, 0) is 0 Å². The van der Waals surface area contributed by atoms with E-state index in [4.69, 9.17) is 0 Å². The number of H-pyrrole nitrogens is 1. The maximum Gasteiger partial charge on any atom is 0.324 e. The van der Waals surface area contributed by atoms with Gasteiger partial charge in [0.2, 0.25) is 0 Å². The Morgan fingerprint density at radius 3 is 2.88 bits per heavy atom. The minimum absolute atomic E-state index is 0.294. The van der Waals surface area contributed by atoms with Gasteiger partial charge >= 0.3 is 6.03 Å². The highest BCUT2D eigenvalue weighted by Crippen LogP contribution is 2.42. The number of aromatic nitrogens is 3. The summed E-state index contributed by atoms with van der Waals surface area (Å²) in [5.41, 5.74) is 1.76. The molecule has 4 rings (SSSR count). The van der Waals surface area contributed by atoms with Crippen LogP contribution < -0.4 is 15.5 Å². The minimum atomic E-state index is -0.294. The van der Waals surface area contributed by atoms with Gasteiger partial charge < -0.3 is 10.2 Å².